The maximum absolute atomic E-state index is 12.5. The number of hydrogen-bond acceptors (Lipinski definition) is 6. The second-order valence-corrected chi connectivity index (χ2v) is 6.59. The summed E-state index contributed by atoms with van der Waals surface area (Å²) in [5, 5.41) is 31.6. The van der Waals surface area contributed by atoms with E-state index in [4.69, 9.17) is 4.74 Å². The van der Waals surface area contributed by atoms with Gasteiger partial charge < -0.3 is 25.4 Å². The van der Waals surface area contributed by atoms with Gasteiger partial charge in [-0.05, 0) is 18.6 Å². The molecule has 0 aromatic carbocycles. The van der Waals surface area contributed by atoms with Crippen molar-refractivity contribution in [1.29, 1.82) is 0 Å². The molecule has 1 fully saturated rings. The number of aliphatic hydroxyl groups excluding tert-OH is 3. The lowest BCUT2D eigenvalue weighted by molar-refractivity contribution is -0.208. The van der Waals surface area contributed by atoms with Gasteiger partial charge in [0.25, 0.3) is 0 Å². The fourth-order valence-electron chi connectivity index (χ4n) is 2.48. The van der Waals surface area contributed by atoms with Crippen LogP contribution in [-0.2, 0) is 9.53 Å². The Bertz CT molecular complexity index is 461. The number of nitrogens with one attached hydrogen (secondary N) is 1. The fraction of sp³-hybridized carbons (Fsp3) is 0.769. The first-order chi connectivity index (χ1) is 10.7. The van der Waals surface area contributed by atoms with Gasteiger partial charge in [0.05, 0.1) is 6.04 Å². The average molecular weight is 357 g/mol. The van der Waals surface area contributed by atoms with Crippen molar-refractivity contribution in [3.8, 4) is 0 Å². The van der Waals surface area contributed by atoms with Crippen LogP contribution in [0, 0.1) is 0 Å². The third-order valence-electron chi connectivity index (χ3n) is 3.70. The topological polar surface area (TPSA) is 99.0 Å². The molecule has 2 bridgehead atoms. The predicted octanol–water partition coefficient (Wildman–Crippen LogP) is -0.0757. The van der Waals surface area contributed by atoms with Crippen molar-refractivity contribution >= 4 is 17.7 Å². The third-order valence-corrected chi connectivity index (χ3v) is 4.89. The normalized spacial score (nSPS) is 38.9. The van der Waals surface area contributed by atoms with Gasteiger partial charge >= 0.3 is 12.1 Å². The molecule has 6 atom stereocenters. The molecule has 4 N–H and O–H groups in total. The first-order valence-electron chi connectivity index (χ1n) is 7.05. The molecule has 10 heteroatoms. The van der Waals surface area contributed by atoms with E-state index in [0.29, 0.717) is 12.2 Å². The number of hydrogen-bond donors (Lipinski definition) is 4. The molecule has 0 aromatic rings. The number of alkyl halides is 3. The van der Waals surface area contributed by atoms with Crippen molar-refractivity contribution in [3.63, 3.8) is 0 Å². The van der Waals surface area contributed by atoms with Crippen LogP contribution in [0.4, 0.5) is 13.2 Å². The van der Waals surface area contributed by atoms with Crippen LogP contribution in [-0.4, -0.2) is 69.0 Å². The van der Waals surface area contributed by atoms with Gasteiger partial charge in [-0.25, -0.2) is 0 Å². The molecule has 0 aromatic heterocycles. The first-order valence-corrected chi connectivity index (χ1v) is 8.10. The van der Waals surface area contributed by atoms with Gasteiger partial charge in [-0.1, -0.05) is 12.2 Å². The SMILES string of the molecule is O=C(N[C@@H]1CC=CCCS[C@H]2O[C@H]1[C@H](O)[C@H](O)[C@H]2O)C(F)(F)F. The second-order valence-electron chi connectivity index (χ2n) is 5.39. The van der Waals surface area contributed by atoms with E-state index < -0.39 is 48.0 Å². The fourth-order valence-corrected chi connectivity index (χ4v) is 3.55. The zero-order chi connectivity index (χ0) is 17.2. The molecule has 0 spiro atoms. The zero-order valence-corrected chi connectivity index (χ0v) is 12.8. The van der Waals surface area contributed by atoms with Crippen LogP contribution >= 0.6 is 11.8 Å². The highest BCUT2D eigenvalue weighted by atomic mass is 32.2. The molecule has 2 rings (SSSR count). The lowest BCUT2D eigenvalue weighted by Crippen LogP contribution is -2.63. The van der Waals surface area contributed by atoms with Crippen molar-refractivity contribution in [2.45, 2.75) is 54.9 Å². The first kappa shape index (κ1) is 18.5. The molecule has 0 saturated carbocycles. The van der Waals surface area contributed by atoms with E-state index in [0.717, 1.165) is 0 Å². The summed E-state index contributed by atoms with van der Waals surface area (Å²) in [6.07, 6.45) is -6.94. The molecule has 0 radical (unpaired) electrons. The van der Waals surface area contributed by atoms with E-state index in [-0.39, 0.29) is 6.42 Å². The minimum atomic E-state index is -5.06. The zero-order valence-electron chi connectivity index (χ0n) is 11.9. The molecule has 23 heavy (non-hydrogen) atoms. The van der Waals surface area contributed by atoms with Gasteiger partial charge in [0.15, 0.2) is 0 Å². The van der Waals surface area contributed by atoms with E-state index >= 15 is 0 Å². The van der Waals surface area contributed by atoms with Crippen LogP contribution in [0.2, 0.25) is 0 Å². The number of carbonyl (C=O) groups excluding carboxylic acids is 1. The molecule has 1 saturated heterocycles. The molecule has 2 heterocycles. The smallest absolute Gasteiger partial charge is 0.388 e. The molecule has 2 aliphatic heterocycles. The molecule has 132 valence electrons. The third kappa shape index (κ3) is 4.38. The maximum Gasteiger partial charge on any atom is 0.471 e. The van der Waals surface area contributed by atoms with E-state index in [9.17, 15) is 33.3 Å². The largest absolute Gasteiger partial charge is 0.471 e. The van der Waals surface area contributed by atoms with Crippen molar-refractivity contribution < 1.29 is 38.0 Å². The van der Waals surface area contributed by atoms with Crippen LogP contribution in [0.15, 0.2) is 12.2 Å². The van der Waals surface area contributed by atoms with Gasteiger partial charge in [0.2, 0.25) is 0 Å². The van der Waals surface area contributed by atoms with Crippen LogP contribution in [0.1, 0.15) is 12.8 Å². The van der Waals surface area contributed by atoms with Crippen LogP contribution in [0.3, 0.4) is 0 Å². The molecular weight excluding hydrogens is 339 g/mol. The van der Waals surface area contributed by atoms with E-state index in [2.05, 4.69) is 0 Å². The number of carbonyl (C=O) groups is 1. The van der Waals surface area contributed by atoms with Crippen molar-refractivity contribution in [2.24, 2.45) is 0 Å². The molecule has 6 nitrogen and oxygen atoms in total. The van der Waals surface area contributed by atoms with Gasteiger partial charge in [-0.2, -0.15) is 13.2 Å². The number of allylic oxidation sites excluding steroid dienone is 1. The van der Waals surface area contributed by atoms with Gasteiger partial charge in [0, 0.05) is 0 Å². The van der Waals surface area contributed by atoms with E-state index in [1.807, 2.05) is 0 Å². The highest BCUT2D eigenvalue weighted by molar-refractivity contribution is 7.99. The summed E-state index contributed by atoms with van der Waals surface area (Å²) < 4.78 is 42.9. The number of rotatable bonds is 1. The summed E-state index contributed by atoms with van der Waals surface area (Å²) in [6, 6.07) is -1.18. The van der Waals surface area contributed by atoms with Crippen molar-refractivity contribution in [1.82, 2.24) is 5.32 Å². The molecule has 0 aliphatic carbocycles. The Morgan fingerprint density at radius 1 is 1.17 bits per heavy atom. The standard InChI is InChI=1S/C13H18F3NO5S/c14-13(15,16)12(21)17-6-4-2-1-3-5-23-11-9(20)7(18)8(19)10(6)22-11/h1-2,6-11,18-20H,3-5H2,(H,17,21)/t6-,7+,8-,9-,10-,11-/m1/s1. The minimum absolute atomic E-state index is 0.00372. The number of fused-ring (bicyclic) bond motifs is 2. The molecular formula is C13H18F3NO5S. The van der Waals surface area contributed by atoms with Gasteiger partial charge in [-0.3, -0.25) is 4.79 Å². The highest BCUT2D eigenvalue weighted by Gasteiger charge is 2.48. The summed E-state index contributed by atoms with van der Waals surface area (Å²) in [7, 11) is 0. The van der Waals surface area contributed by atoms with Crippen molar-refractivity contribution in [2.75, 3.05) is 5.75 Å². The molecule has 1 amide bonds. The predicted molar refractivity (Wildman–Crippen MR) is 75.5 cm³/mol. The number of aliphatic hydroxyl groups is 3. The summed E-state index contributed by atoms with van der Waals surface area (Å²) in [5.41, 5.74) is -0.893. The summed E-state index contributed by atoms with van der Waals surface area (Å²) in [5.74, 6) is -1.57. The monoisotopic (exact) mass is 357 g/mol. The van der Waals surface area contributed by atoms with Gasteiger partial charge in [0.1, 0.15) is 29.9 Å². The van der Waals surface area contributed by atoms with Crippen LogP contribution in [0.25, 0.3) is 0 Å². The average Bonchev–Trinajstić information content (AvgIpc) is 2.48. The van der Waals surface area contributed by atoms with Crippen LogP contribution < -0.4 is 5.32 Å². The Kier molecular flexibility index (Phi) is 5.95. The lowest BCUT2D eigenvalue weighted by atomic mass is 9.92. The van der Waals surface area contributed by atoms with E-state index in [1.54, 1.807) is 17.5 Å². The Morgan fingerprint density at radius 2 is 1.87 bits per heavy atom. The molecule has 0 unspecified atom stereocenters. The summed E-state index contributed by atoms with van der Waals surface area (Å²) >= 11 is 1.19. The Balaban J connectivity index is 2.23. The lowest BCUT2D eigenvalue weighted by Gasteiger charge is -2.43. The number of thioether (sulfide) groups is 1. The highest BCUT2D eigenvalue weighted by Crippen LogP contribution is 2.32. The summed E-state index contributed by atoms with van der Waals surface area (Å²) in [4.78, 5) is 11.2. The maximum atomic E-state index is 12.5. The van der Waals surface area contributed by atoms with E-state index in [1.165, 1.54) is 11.8 Å². The number of amides is 1. The number of halogens is 3. The van der Waals surface area contributed by atoms with Gasteiger partial charge in [-0.15, -0.1) is 11.8 Å². The Morgan fingerprint density at radius 3 is 2.52 bits per heavy atom. The number of ether oxygens (including phenoxy) is 1. The summed E-state index contributed by atoms with van der Waals surface area (Å²) in [6.45, 7) is 0. The Labute approximate surface area is 134 Å². The molecule has 2 aliphatic rings. The van der Waals surface area contributed by atoms with Crippen LogP contribution in [0.5, 0.6) is 0 Å². The van der Waals surface area contributed by atoms with Crippen molar-refractivity contribution in [3.05, 3.63) is 12.2 Å². The Hall–Kier alpha value is -0.810. The quantitative estimate of drug-likeness (QED) is 0.490. The second kappa shape index (κ2) is 7.39. The minimum Gasteiger partial charge on any atom is -0.388 e.